The molecule has 8 heterocycles. The SMILES string of the molecule is C=CC(=O)OCC(=O)OC(C1COC2(CCCC2)O1)C1COC2(CCCC2)O1.C=CC(=O)OCCC(=O)OC(C1COC2(CCCC2)O1)C1COC2(CCCC2)O1.C=CC(=O)OCCCOC(C1COC2(CCCC2)O1)C1COC2(CCCC2)O1.C=CC(=O)OCCOC(C1COC2(CCCC2)O1)C1COC2(CCCC2)O1. The molecule has 0 radical (unpaired) electrons. The van der Waals surface area contributed by atoms with Gasteiger partial charge >= 0.3 is 35.8 Å². The predicted octanol–water partition coefficient (Wildman–Crippen LogP) is 9.72. The number of hydrogen-bond donors (Lipinski definition) is 0. The molecular formula is C82H120O30. The average molecular weight is 1590 g/mol. The Balaban J connectivity index is 0.000000131. The Labute approximate surface area is 656 Å². The molecule has 0 bridgehead atoms. The monoisotopic (exact) mass is 1580 g/mol. The molecule has 8 atom stereocenters. The summed E-state index contributed by atoms with van der Waals surface area (Å²) in [5, 5.41) is 0. The van der Waals surface area contributed by atoms with Gasteiger partial charge in [0.1, 0.15) is 74.3 Å². The minimum absolute atomic E-state index is 0.0481. The van der Waals surface area contributed by atoms with Gasteiger partial charge in [-0.15, -0.1) is 0 Å². The van der Waals surface area contributed by atoms with Gasteiger partial charge < -0.3 is 114 Å². The van der Waals surface area contributed by atoms with Crippen LogP contribution in [0.4, 0.5) is 0 Å². The summed E-state index contributed by atoms with van der Waals surface area (Å²) >= 11 is 0. The van der Waals surface area contributed by atoms with E-state index in [9.17, 15) is 28.8 Å². The number of rotatable bonds is 28. The van der Waals surface area contributed by atoms with Crippen molar-refractivity contribution in [3.63, 3.8) is 0 Å². The van der Waals surface area contributed by atoms with Crippen molar-refractivity contribution < 1.29 is 142 Å². The van der Waals surface area contributed by atoms with Crippen LogP contribution in [0.25, 0.3) is 0 Å². The molecular weight excluding hydrogens is 1460 g/mol. The van der Waals surface area contributed by atoms with Crippen LogP contribution in [0.1, 0.15) is 218 Å². The largest absolute Gasteiger partial charge is 0.462 e. The molecule has 0 aromatic heterocycles. The van der Waals surface area contributed by atoms with E-state index in [1.54, 1.807) is 0 Å². The second-order valence-electron chi connectivity index (χ2n) is 32.3. The van der Waals surface area contributed by atoms with Crippen molar-refractivity contribution in [3.8, 4) is 0 Å². The van der Waals surface area contributed by atoms with Gasteiger partial charge in [-0.25, -0.2) is 24.0 Å². The molecule has 30 nitrogen and oxygen atoms in total. The highest BCUT2D eigenvalue weighted by Gasteiger charge is 2.59. The summed E-state index contributed by atoms with van der Waals surface area (Å²) in [6, 6.07) is 0. The molecule has 0 aromatic carbocycles. The third-order valence-corrected chi connectivity index (χ3v) is 24.4. The quantitative estimate of drug-likeness (QED) is 0.0304. The second kappa shape index (κ2) is 39.1. The summed E-state index contributed by atoms with van der Waals surface area (Å²) in [5.74, 6) is -7.28. The van der Waals surface area contributed by atoms with Crippen LogP contribution in [0.3, 0.4) is 0 Å². The van der Waals surface area contributed by atoms with E-state index in [1.807, 2.05) is 0 Å². The van der Waals surface area contributed by atoms with E-state index in [-0.39, 0.29) is 62.9 Å². The van der Waals surface area contributed by atoms with Crippen molar-refractivity contribution >= 4 is 35.8 Å². The minimum Gasteiger partial charge on any atom is -0.462 e. The zero-order chi connectivity index (χ0) is 78.1. The lowest BCUT2D eigenvalue weighted by Gasteiger charge is -2.30. The molecule has 112 heavy (non-hydrogen) atoms. The molecule has 8 spiro atoms. The van der Waals surface area contributed by atoms with Gasteiger partial charge in [-0.2, -0.15) is 0 Å². The molecule has 0 amide bonds. The smallest absolute Gasteiger partial charge is 0.344 e. The molecule has 0 aromatic rings. The van der Waals surface area contributed by atoms with Crippen molar-refractivity contribution in [2.75, 3.05) is 92.5 Å². The molecule has 16 aliphatic rings. The van der Waals surface area contributed by atoms with Gasteiger partial charge in [0.25, 0.3) is 0 Å². The Bertz CT molecular complexity index is 2990. The Kier molecular flexibility index (Phi) is 29.6. The normalized spacial score (nSPS) is 31.4. The summed E-state index contributed by atoms with van der Waals surface area (Å²) in [5.41, 5.74) is 0. The van der Waals surface area contributed by atoms with E-state index >= 15 is 0 Å². The molecule has 8 unspecified atom stereocenters. The first kappa shape index (κ1) is 85.0. The van der Waals surface area contributed by atoms with Crippen LogP contribution < -0.4 is 0 Å². The molecule has 8 saturated carbocycles. The lowest BCUT2D eigenvalue weighted by atomic mass is 10.1. The van der Waals surface area contributed by atoms with Gasteiger partial charge in [0.05, 0.1) is 79.1 Å². The lowest BCUT2D eigenvalue weighted by Crippen LogP contribution is -2.46. The van der Waals surface area contributed by atoms with E-state index in [0.717, 1.165) is 224 Å². The fourth-order valence-corrected chi connectivity index (χ4v) is 18.8. The predicted molar refractivity (Wildman–Crippen MR) is 389 cm³/mol. The Morgan fingerprint density at radius 2 is 0.500 bits per heavy atom. The van der Waals surface area contributed by atoms with Crippen LogP contribution in [0.5, 0.6) is 0 Å². The van der Waals surface area contributed by atoms with Crippen molar-refractivity contribution in [2.24, 2.45) is 0 Å². The third kappa shape index (κ3) is 21.7. The van der Waals surface area contributed by atoms with Crippen LogP contribution in [-0.2, 0) is 142 Å². The molecule has 16 rings (SSSR count). The molecule has 8 saturated heterocycles. The minimum atomic E-state index is -0.685. The molecule has 16 fully saturated rings. The first-order valence-corrected chi connectivity index (χ1v) is 41.7. The summed E-state index contributed by atoms with van der Waals surface area (Å²) in [6.07, 6.45) is 32.4. The zero-order valence-corrected chi connectivity index (χ0v) is 65.3. The van der Waals surface area contributed by atoms with Crippen LogP contribution in [0, 0.1) is 0 Å². The van der Waals surface area contributed by atoms with Gasteiger partial charge in [-0.05, 0) is 103 Å². The Morgan fingerprint density at radius 3 is 0.768 bits per heavy atom. The summed E-state index contributed by atoms with van der Waals surface area (Å²) in [4.78, 5) is 69.5. The number of hydrogen-bond acceptors (Lipinski definition) is 30. The second-order valence-corrected chi connectivity index (χ2v) is 32.3. The van der Waals surface area contributed by atoms with Gasteiger partial charge in [0.2, 0.25) is 0 Å². The maximum atomic E-state index is 12.4. The summed E-state index contributed by atoms with van der Waals surface area (Å²) in [6.45, 7) is 17.5. The highest BCUT2D eigenvalue weighted by atomic mass is 16.8. The lowest BCUT2D eigenvalue weighted by molar-refractivity contribution is -0.208. The van der Waals surface area contributed by atoms with Gasteiger partial charge in [0.15, 0.2) is 65.1 Å². The van der Waals surface area contributed by atoms with Crippen LogP contribution in [0.2, 0.25) is 0 Å². The molecule has 30 heteroatoms. The van der Waals surface area contributed by atoms with E-state index < -0.39 is 125 Å². The third-order valence-electron chi connectivity index (χ3n) is 24.4. The van der Waals surface area contributed by atoms with Gasteiger partial charge in [-0.3, -0.25) is 4.79 Å². The fraction of sp³-hybridized carbons (Fsp3) is 0.829. The highest BCUT2D eigenvalue weighted by Crippen LogP contribution is 2.50. The van der Waals surface area contributed by atoms with E-state index in [1.165, 1.54) is 6.08 Å². The Hall–Kier alpha value is -4.94. The van der Waals surface area contributed by atoms with E-state index in [2.05, 4.69) is 26.3 Å². The first-order valence-electron chi connectivity index (χ1n) is 41.7. The van der Waals surface area contributed by atoms with Gasteiger partial charge in [0, 0.05) is 133 Å². The van der Waals surface area contributed by atoms with Crippen molar-refractivity contribution in [3.05, 3.63) is 50.6 Å². The maximum Gasteiger partial charge on any atom is 0.344 e. The number of carbonyl (C=O) groups excluding carboxylic acids is 6. The maximum absolute atomic E-state index is 12.4. The van der Waals surface area contributed by atoms with Crippen LogP contribution >= 0.6 is 0 Å². The topological polar surface area (TPSA) is 324 Å². The number of carbonyl (C=O) groups is 6. The Morgan fingerprint density at radius 1 is 0.277 bits per heavy atom. The van der Waals surface area contributed by atoms with Gasteiger partial charge in [-0.1, -0.05) is 26.3 Å². The average Bonchev–Trinajstić information content (AvgIpc) is 1.64. The first-order chi connectivity index (χ1) is 54.3. The molecule has 8 aliphatic carbocycles. The number of esters is 6. The molecule has 8 aliphatic heterocycles. The summed E-state index contributed by atoms with van der Waals surface area (Å²) in [7, 11) is 0. The standard InChI is InChI=1S/C21H30O8.C21H32O7.C20H28O8.C20H30O7/c1-2-17(22)24-12-7-18(23)27-19(15-13-25-20(28-15)8-3-4-9-20)16-14-26-21(29-16)10-5-6-11-21;1-2-18(22)23-12-7-13-24-19(16-14-25-20(27-16)8-3-4-9-20)17-15-26-21(28-17)10-5-6-11-21;1-2-16(21)23-13-17(22)26-18(14-11-24-19(27-14)7-3-4-8-19)15-12-25-20(28-15)9-5-6-10-20;1-2-17(21)22-11-12-23-18(15-13-24-19(26-15)7-3-4-8-19)16-14-25-20(27-16)9-5-6-10-20/h2,15-16,19H,1,3-14H2;2,16-17,19H,1,3-15H2;2,14-15,18H,1,3-13H2;2,15-16,18H,1,3-14H2. The van der Waals surface area contributed by atoms with Crippen molar-refractivity contribution in [1.82, 2.24) is 0 Å². The van der Waals surface area contributed by atoms with Crippen LogP contribution in [-0.4, -0.2) is 248 Å². The number of ether oxygens (including phenoxy) is 24. The highest BCUT2D eigenvalue weighted by molar-refractivity contribution is 5.84. The van der Waals surface area contributed by atoms with Crippen molar-refractivity contribution in [1.29, 1.82) is 0 Å². The molecule has 628 valence electrons. The van der Waals surface area contributed by atoms with E-state index in [0.29, 0.717) is 72.5 Å². The fourth-order valence-electron chi connectivity index (χ4n) is 18.8. The van der Waals surface area contributed by atoms with Crippen LogP contribution in [0.15, 0.2) is 50.6 Å². The summed E-state index contributed by atoms with van der Waals surface area (Å²) < 4.78 is 142. The zero-order valence-electron chi connectivity index (χ0n) is 65.3. The molecule has 0 N–H and O–H groups in total. The van der Waals surface area contributed by atoms with E-state index in [4.69, 9.17) is 114 Å². The van der Waals surface area contributed by atoms with Crippen molar-refractivity contribution in [2.45, 2.75) is 338 Å².